The van der Waals surface area contributed by atoms with Gasteiger partial charge in [0.15, 0.2) is 0 Å². The summed E-state index contributed by atoms with van der Waals surface area (Å²) in [4.78, 5) is 11.4. The highest BCUT2D eigenvalue weighted by Crippen LogP contribution is 2.07. The monoisotopic (exact) mass is 201 g/mol. The van der Waals surface area contributed by atoms with E-state index in [0.717, 1.165) is 12.8 Å². The molecule has 2 N–H and O–H groups in total. The van der Waals surface area contributed by atoms with Crippen LogP contribution < -0.4 is 5.73 Å². The SMILES string of the molecule is CCCC(C)OC(=O)C(N)CC(C)C. The maximum Gasteiger partial charge on any atom is 0.323 e. The standard InChI is InChI=1S/C11H23NO2/c1-5-6-9(4)14-11(13)10(12)7-8(2)3/h8-10H,5-7,12H2,1-4H3. The molecule has 84 valence electrons. The number of carbonyl (C=O) groups excluding carboxylic acids is 1. The second-order valence-electron chi connectivity index (χ2n) is 4.27. The first-order valence-electron chi connectivity index (χ1n) is 5.43. The van der Waals surface area contributed by atoms with Crippen molar-refractivity contribution in [3.05, 3.63) is 0 Å². The Morgan fingerprint density at radius 3 is 2.36 bits per heavy atom. The summed E-state index contributed by atoms with van der Waals surface area (Å²) in [6.07, 6.45) is 2.61. The van der Waals surface area contributed by atoms with E-state index in [1.807, 2.05) is 20.8 Å². The summed E-state index contributed by atoms with van der Waals surface area (Å²) in [6.45, 7) is 8.06. The quantitative estimate of drug-likeness (QED) is 0.669. The van der Waals surface area contributed by atoms with Crippen molar-refractivity contribution in [2.24, 2.45) is 11.7 Å². The van der Waals surface area contributed by atoms with Gasteiger partial charge in [-0.05, 0) is 25.7 Å². The molecule has 0 aromatic carbocycles. The molecule has 0 radical (unpaired) electrons. The van der Waals surface area contributed by atoms with Gasteiger partial charge in [-0.1, -0.05) is 27.2 Å². The highest BCUT2D eigenvalue weighted by Gasteiger charge is 2.18. The summed E-state index contributed by atoms with van der Waals surface area (Å²) in [5.74, 6) is 0.165. The van der Waals surface area contributed by atoms with Gasteiger partial charge in [-0.3, -0.25) is 4.79 Å². The summed E-state index contributed by atoms with van der Waals surface area (Å²) < 4.78 is 5.19. The van der Waals surface area contributed by atoms with E-state index in [9.17, 15) is 4.79 Å². The minimum absolute atomic E-state index is 0.00860. The molecular weight excluding hydrogens is 178 g/mol. The van der Waals surface area contributed by atoms with Crippen LogP contribution in [0.4, 0.5) is 0 Å². The first kappa shape index (κ1) is 13.4. The minimum atomic E-state index is -0.464. The fraction of sp³-hybridized carbons (Fsp3) is 0.909. The molecule has 0 aromatic heterocycles. The lowest BCUT2D eigenvalue weighted by atomic mass is 10.0. The van der Waals surface area contributed by atoms with Crippen molar-refractivity contribution in [2.45, 2.75) is 59.1 Å². The third kappa shape index (κ3) is 5.97. The largest absolute Gasteiger partial charge is 0.462 e. The lowest BCUT2D eigenvalue weighted by molar-refractivity contribution is -0.150. The molecule has 14 heavy (non-hydrogen) atoms. The van der Waals surface area contributed by atoms with Gasteiger partial charge in [-0.2, -0.15) is 0 Å². The highest BCUT2D eigenvalue weighted by atomic mass is 16.5. The second kappa shape index (κ2) is 6.82. The van der Waals surface area contributed by atoms with Gasteiger partial charge in [0.2, 0.25) is 0 Å². The van der Waals surface area contributed by atoms with Crippen molar-refractivity contribution in [3.63, 3.8) is 0 Å². The van der Waals surface area contributed by atoms with Crippen LogP contribution in [-0.2, 0) is 9.53 Å². The fourth-order valence-electron chi connectivity index (χ4n) is 1.36. The van der Waals surface area contributed by atoms with Gasteiger partial charge in [0.05, 0.1) is 6.10 Å². The Hall–Kier alpha value is -0.570. The number of hydrogen-bond donors (Lipinski definition) is 1. The van der Waals surface area contributed by atoms with Crippen LogP contribution in [0.15, 0.2) is 0 Å². The summed E-state index contributed by atoms with van der Waals surface area (Å²) >= 11 is 0. The molecule has 0 heterocycles. The van der Waals surface area contributed by atoms with Gasteiger partial charge in [0.25, 0.3) is 0 Å². The smallest absolute Gasteiger partial charge is 0.323 e. The average molecular weight is 201 g/mol. The molecule has 0 rings (SSSR count). The summed E-state index contributed by atoms with van der Waals surface area (Å²) in [7, 11) is 0. The first-order chi connectivity index (χ1) is 6.47. The van der Waals surface area contributed by atoms with Gasteiger partial charge in [-0.25, -0.2) is 0 Å². The number of rotatable bonds is 6. The number of esters is 1. The number of nitrogens with two attached hydrogens (primary N) is 1. The van der Waals surface area contributed by atoms with Gasteiger partial charge < -0.3 is 10.5 Å². The van der Waals surface area contributed by atoms with E-state index in [1.165, 1.54) is 0 Å². The Labute approximate surface area is 87.0 Å². The lowest BCUT2D eigenvalue weighted by Crippen LogP contribution is -2.35. The number of ether oxygens (including phenoxy) is 1. The Kier molecular flexibility index (Phi) is 6.54. The van der Waals surface area contributed by atoms with Crippen LogP contribution in [0.3, 0.4) is 0 Å². The van der Waals surface area contributed by atoms with Crippen molar-refractivity contribution in [3.8, 4) is 0 Å². The van der Waals surface area contributed by atoms with E-state index in [0.29, 0.717) is 12.3 Å². The molecule has 0 aliphatic heterocycles. The predicted molar refractivity (Wildman–Crippen MR) is 57.9 cm³/mol. The zero-order valence-electron chi connectivity index (χ0n) is 9.75. The molecule has 0 aliphatic carbocycles. The zero-order valence-corrected chi connectivity index (χ0v) is 9.75. The van der Waals surface area contributed by atoms with Crippen LogP contribution in [0.2, 0.25) is 0 Å². The third-order valence-corrected chi connectivity index (χ3v) is 2.04. The van der Waals surface area contributed by atoms with E-state index in [-0.39, 0.29) is 12.1 Å². The zero-order chi connectivity index (χ0) is 11.1. The van der Waals surface area contributed by atoms with Crippen molar-refractivity contribution in [1.29, 1.82) is 0 Å². The normalized spacial score (nSPS) is 15.3. The molecule has 0 aromatic rings. The van der Waals surface area contributed by atoms with Gasteiger partial charge in [-0.15, -0.1) is 0 Å². The molecule has 0 amide bonds. The van der Waals surface area contributed by atoms with E-state index in [2.05, 4.69) is 6.92 Å². The molecule has 0 aliphatic rings. The lowest BCUT2D eigenvalue weighted by Gasteiger charge is -2.17. The topological polar surface area (TPSA) is 52.3 Å². The summed E-state index contributed by atoms with van der Waals surface area (Å²) in [6, 6.07) is -0.464. The van der Waals surface area contributed by atoms with E-state index < -0.39 is 6.04 Å². The number of hydrogen-bond acceptors (Lipinski definition) is 3. The summed E-state index contributed by atoms with van der Waals surface area (Å²) in [5.41, 5.74) is 5.69. The molecule has 0 saturated heterocycles. The molecule has 2 unspecified atom stereocenters. The Balaban J connectivity index is 3.82. The van der Waals surface area contributed by atoms with Crippen molar-refractivity contribution in [1.82, 2.24) is 0 Å². The van der Waals surface area contributed by atoms with Crippen LogP contribution in [0.25, 0.3) is 0 Å². The van der Waals surface area contributed by atoms with Crippen LogP contribution in [0, 0.1) is 5.92 Å². The Bertz CT molecular complexity index is 169. The fourth-order valence-corrected chi connectivity index (χ4v) is 1.36. The highest BCUT2D eigenvalue weighted by molar-refractivity contribution is 5.75. The van der Waals surface area contributed by atoms with Gasteiger partial charge in [0, 0.05) is 0 Å². The van der Waals surface area contributed by atoms with Crippen LogP contribution in [-0.4, -0.2) is 18.1 Å². The molecule has 0 bridgehead atoms. The number of carbonyl (C=O) groups is 1. The Morgan fingerprint density at radius 2 is 1.93 bits per heavy atom. The molecular formula is C11H23NO2. The minimum Gasteiger partial charge on any atom is -0.462 e. The van der Waals surface area contributed by atoms with Gasteiger partial charge in [0.1, 0.15) is 6.04 Å². The van der Waals surface area contributed by atoms with Crippen LogP contribution in [0.1, 0.15) is 47.0 Å². The molecule has 0 saturated carbocycles. The molecule has 0 spiro atoms. The van der Waals surface area contributed by atoms with E-state index in [1.54, 1.807) is 0 Å². The summed E-state index contributed by atoms with van der Waals surface area (Å²) in [5, 5.41) is 0. The second-order valence-corrected chi connectivity index (χ2v) is 4.27. The van der Waals surface area contributed by atoms with E-state index >= 15 is 0 Å². The maximum atomic E-state index is 11.4. The van der Waals surface area contributed by atoms with Gasteiger partial charge >= 0.3 is 5.97 Å². The predicted octanol–water partition coefficient (Wildman–Crippen LogP) is 2.09. The van der Waals surface area contributed by atoms with Crippen molar-refractivity contribution >= 4 is 5.97 Å². The Morgan fingerprint density at radius 1 is 1.36 bits per heavy atom. The van der Waals surface area contributed by atoms with Crippen molar-refractivity contribution < 1.29 is 9.53 Å². The molecule has 0 fully saturated rings. The molecule has 3 nitrogen and oxygen atoms in total. The van der Waals surface area contributed by atoms with Crippen LogP contribution >= 0.6 is 0 Å². The average Bonchev–Trinajstić information content (AvgIpc) is 2.02. The third-order valence-electron chi connectivity index (χ3n) is 2.04. The van der Waals surface area contributed by atoms with Crippen LogP contribution in [0.5, 0.6) is 0 Å². The van der Waals surface area contributed by atoms with Crippen molar-refractivity contribution in [2.75, 3.05) is 0 Å². The maximum absolute atomic E-state index is 11.4. The molecule has 2 atom stereocenters. The molecule has 3 heteroatoms. The van der Waals surface area contributed by atoms with E-state index in [4.69, 9.17) is 10.5 Å². The first-order valence-corrected chi connectivity index (χ1v) is 5.43.